The molecule has 0 aromatic heterocycles. The van der Waals surface area contributed by atoms with Gasteiger partial charge in [0.15, 0.2) is 0 Å². The van der Waals surface area contributed by atoms with Crippen molar-refractivity contribution in [3.8, 4) is 6.07 Å². The second-order valence-electron chi connectivity index (χ2n) is 9.58. The van der Waals surface area contributed by atoms with Crippen molar-refractivity contribution in [3.05, 3.63) is 0 Å². The number of nitriles is 1. The molecule has 0 aliphatic carbocycles. The minimum Gasteiger partial charge on any atom is -0.401 e. The minimum atomic E-state index is -0.814. The van der Waals surface area contributed by atoms with Gasteiger partial charge in [0.1, 0.15) is 0 Å². The van der Waals surface area contributed by atoms with Gasteiger partial charge in [0.2, 0.25) is 0 Å². The Kier molecular flexibility index (Phi) is 5.67. The van der Waals surface area contributed by atoms with Gasteiger partial charge in [-0.25, -0.2) is 0 Å². The topological polar surface area (TPSA) is 69.9 Å². The SMILES string of the molecule is CC(CCCC#N)(OB1OC(C)(C)C(C)(C)O1)B1OC(C)(C)C(C)(C)O1. The molecule has 2 rings (SSSR count). The maximum Gasteiger partial charge on any atom is 0.640 e. The van der Waals surface area contributed by atoms with E-state index in [0.29, 0.717) is 19.3 Å². The number of hydrogen-bond donors (Lipinski definition) is 0. The van der Waals surface area contributed by atoms with Crippen molar-refractivity contribution < 1.29 is 23.3 Å². The molecule has 0 aromatic rings. The standard InChI is InChI=1S/C18H33B2NO5/c1-14(2)15(3,4)23-19(22-14)18(9,12-10-11-13-21)26-20-24-16(5,6)17(7,8)25-20/h10-12H2,1-9H3. The zero-order valence-electron chi connectivity index (χ0n) is 17.8. The van der Waals surface area contributed by atoms with Gasteiger partial charge >= 0.3 is 14.4 Å². The van der Waals surface area contributed by atoms with Crippen LogP contribution >= 0.6 is 0 Å². The van der Waals surface area contributed by atoms with Crippen molar-refractivity contribution in [1.82, 2.24) is 0 Å². The quantitative estimate of drug-likeness (QED) is 0.528. The maximum atomic E-state index is 8.91. The summed E-state index contributed by atoms with van der Waals surface area (Å²) in [6.07, 6.45) is 1.72. The lowest BCUT2D eigenvalue weighted by Gasteiger charge is -2.33. The zero-order chi connectivity index (χ0) is 20.0. The van der Waals surface area contributed by atoms with E-state index in [0.717, 1.165) is 0 Å². The van der Waals surface area contributed by atoms with E-state index in [4.69, 9.17) is 28.5 Å². The molecule has 8 heteroatoms. The van der Waals surface area contributed by atoms with E-state index < -0.39 is 42.3 Å². The summed E-state index contributed by atoms with van der Waals surface area (Å²) in [4.78, 5) is 0. The summed E-state index contributed by atoms with van der Waals surface area (Å²) < 4.78 is 30.8. The van der Waals surface area contributed by atoms with Crippen molar-refractivity contribution in [2.75, 3.05) is 0 Å². The van der Waals surface area contributed by atoms with Gasteiger partial charge < -0.3 is 23.3 Å². The predicted molar refractivity (Wildman–Crippen MR) is 101 cm³/mol. The molecule has 0 aromatic carbocycles. The highest BCUT2D eigenvalue weighted by Gasteiger charge is 2.62. The summed E-state index contributed by atoms with van der Waals surface area (Å²) in [7, 11) is -1.39. The zero-order valence-corrected chi connectivity index (χ0v) is 17.8. The van der Waals surface area contributed by atoms with Crippen LogP contribution in [0.5, 0.6) is 0 Å². The fraction of sp³-hybridized carbons (Fsp3) is 0.944. The molecular weight excluding hydrogens is 332 g/mol. The average Bonchev–Trinajstić information content (AvgIpc) is 2.78. The molecule has 146 valence electrons. The molecule has 2 aliphatic rings. The van der Waals surface area contributed by atoms with Crippen LogP contribution < -0.4 is 0 Å². The first-order valence-corrected chi connectivity index (χ1v) is 9.42. The van der Waals surface area contributed by atoms with Crippen LogP contribution in [0.4, 0.5) is 0 Å². The molecule has 0 spiro atoms. The molecule has 1 unspecified atom stereocenters. The summed E-state index contributed by atoms with van der Waals surface area (Å²) in [5, 5.41) is 8.91. The average molecular weight is 365 g/mol. The van der Waals surface area contributed by atoms with Gasteiger partial charge in [-0.2, -0.15) is 5.26 Å². The lowest BCUT2D eigenvalue weighted by molar-refractivity contribution is 0.00578. The molecule has 1 atom stereocenters. The Bertz CT molecular complexity index is 540. The number of rotatable bonds is 6. The lowest BCUT2D eigenvalue weighted by Crippen LogP contribution is -2.52. The Morgan fingerprint density at radius 3 is 1.69 bits per heavy atom. The van der Waals surface area contributed by atoms with Crippen LogP contribution in [0, 0.1) is 11.3 Å². The van der Waals surface area contributed by atoms with Crippen LogP contribution in [-0.4, -0.2) is 42.3 Å². The lowest BCUT2D eigenvalue weighted by atomic mass is 9.65. The van der Waals surface area contributed by atoms with Crippen molar-refractivity contribution >= 4 is 14.4 Å². The van der Waals surface area contributed by atoms with Crippen LogP contribution in [0.15, 0.2) is 0 Å². The molecule has 0 bridgehead atoms. The molecule has 0 radical (unpaired) electrons. The van der Waals surface area contributed by atoms with Crippen LogP contribution in [0.1, 0.15) is 81.6 Å². The molecule has 0 N–H and O–H groups in total. The number of nitrogens with zero attached hydrogens (tertiary/aromatic N) is 1. The third kappa shape index (κ3) is 3.97. The van der Waals surface area contributed by atoms with E-state index >= 15 is 0 Å². The van der Waals surface area contributed by atoms with Crippen molar-refractivity contribution in [2.24, 2.45) is 0 Å². The Balaban J connectivity index is 2.20. The van der Waals surface area contributed by atoms with Crippen LogP contribution in [0.2, 0.25) is 0 Å². The second kappa shape index (κ2) is 6.79. The van der Waals surface area contributed by atoms with Gasteiger partial charge in [0, 0.05) is 6.42 Å². The normalized spacial score (nSPS) is 28.0. The molecule has 0 amide bonds. The highest BCUT2D eigenvalue weighted by atomic mass is 16.8. The molecule has 6 nitrogen and oxygen atoms in total. The van der Waals surface area contributed by atoms with Gasteiger partial charge in [-0.3, -0.25) is 0 Å². The number of unbranched alkanes of at least 4 members (excludes halogenated alkanes) is 1. The summed E-state index contributed by atoms with van der Waals surface area (Å²) in [5.74, 6) is 0. The summed E-state index contributed by atoms with van der Waals surface area (Å²) in [5.41, 5.74) is -2.70. The third-order valence-electron chi connectivity index (χ3n) is 6.31. The molecular formula is C18H33B2NO5. The van der Waals surface area contributed by atoms with E-state index in [2.05, 4.69) is 6.07 Å². The predicted octanol–water partition coefficient (Wildman–Crippen LogP) is 3.68. The maximum absolute atomic E-state index is 8.91. The van der Waals surface area contributed by atoms with Gasteiger partial charge in [0.05, 0.1) is 34.0 Å². The summed E-state index contributed by atoms with van der Waals surface area (Å²) in [6.45, 7) is 17.9. The van der Waals surface area contributed by atoms with Gasteiger partial charge in [-0.05, 0) is 75.2 Å². The molecule has 2 saturated heterocycles. The van der Waals surface area contributed by atoms with Crippen LogP contribution in [0.3, 0.4) is 0 Å². The molecule has 26 heavy (non-hydrogen) atoms. The summed E-state index contributed by atoms with van der Waals surface area (Å²) in [6, 6.07) is 2.18. The number of hydrogen-bond acceptors (Lipinski definition) is 6. The van der Waals surface area contributed by atoms with Crippen molar-refractivity contribution in [2.45, 2.75) is 109 Å². The summed E-state index contributed by atoms with van der Waals surface area (Å²) >= 11 is 0. The fourth-order valence-corrected chi connectivity index (χ4v) is 2.90. The Morgan fingerprint density at radius 1 is 0.846 bits per heavy atom. The first kappa shape index (κ1) is 21.7. The van der Waals surface area contributed by atoms with Gasteiger partial charge in [0.25, 0.3) is 0 Å². The third-order valence-corrected chi connectivity index (χ3v) is 6.31. The highest BCUT2D eigenvalue weighted by Crippen LogP contribution is 2.44. The largest absolute Gasteiger partial charge is 0.640 e. The van der Waals surface area contributed by atoms with E-state index in [-0.39, 0.29) is 0 Å². The Morgan fingerprint density at radius 2 is 1.27 bits per heavy atom. The smallest absolute Gasteiger partial charge is 0.401 e. The van der Waals surface area contributed by atoms with E-state index in [1.807, 2.05) is 62.3 Å². The van der Waals surface area contributed by atoms with E-state index in [1.54, 1.807) is 0 Å². The fourth-order valence-electron chi connectivity index (χ4n) is 2.90. The first-order chi connectivity index (χ1) is 11.7. The van der Waals surface area contributed by atoms with Crippen molar-refractivity contribution in [1.29, 1.82) is 5.26 Å². The van der Waals surface area contributed by atoms with Crippen LogP contribution in [-0.2, 0) is 23.3 Å². The van der Waals surface area contributed by atoms with Crippen molar-refractivity contribution in [3.63, 3.8) is 0 Å². The minimum absolute atomic E-state index is 0.446. The van der Waals surface area contributed by atoms with Gasteiger partial charge in [-0.15, -0.1) is 0 Å². The second-order valence-corrected chi connectivity index (χ2v) is 9.58. The molecule has 0 saturated carbocycles. The monoisotopic (exact) mass is 365 g/mol. The molecule has 2 heterocycles. The van der Waals surface area contributed by atoms with E-state index in [9.17, 15) is 0 Å². The van der Waals surface area contributed by atoms with Gasteiger partial charge in [-0.1, -0.05) is 0 Å². The van der Waals surface area contributed by atoms with Crippen LogP contribution in [0.25, 0.3) is 0 Å². The Labute approximate surface area is 159 Å². The molecule has 2 aliphatic heterocycles. The van der Waals surface area contributed by atoms with E-state index in [1.165, 1.54) is 0 Å². The molecule has 2 fully saturated rings. The Hall–Kier alpha value is -0.580. The first-order valence-electron chi connectivity index (χ1n) is 9.42. The highest BCUT2D eigenvalue weighted by molar-refractivity contribution is 6.51.